The number of hydrogen-bond donors (Lipinski definition) is 1. The molecule has 2 aromatic rings. The van der Waals surface area contributed by atoms with Crippen LogP contribution in [-0.2, 0) is 4.79 Å². The molecule has 0 aliphatic carbocycles. The molecule has 1 aromatic carbocycles. The zero-order valence-corrected chi connectivity index (χ0v) is 18.4. The van der Waals surface area contributed by atoms with Crippen LogP contribution in [0.3, 0.4) is 0 Å². The molecular formula is C24H28N2O6. The average molecular weight is 440 g/mol. The van der Waals surface area contributed by atoms with Gasteiger partial charge in [-0.1, -0.05) is 6.07 Å². The molecule has 2 aliphatic rings. The van der Waals surface area contributed by atoms with E-state index in [4.69, 9.17) is 13.9 Å². The molecule has 0 radical (unpaired) electrons. The molecule has 32 heavy (non-hydrogen) atoms. The Kier molecular flexibility index (Phi) is 6.50. The molecule has 0 saturated carbocycles. The molecule has 8 nitrogen and oxygen atoms in total. The molecule has 4 rings (SSSR count). The number of furan rings is 1. The predicted molar refractivity (Wildman–Crippen MR) is 117 cm³/mol. The van der Waals surface area contributed by atoms with Gasteiger partial charge < -0.3 is 28.8 Å². The highest BCUT2D eigenvalue weighted by atomic mass is 16.5. The van der Waals surface area contributed by atoms with E-state index in [2.05, 4.69) is 4.90 Å². The summed E-state index contributed by atoms with van der Waals surface area (Å²) in [5.41, 5.74) is 0.664. The molecule has 170 valence electrons. The van der Waals surface area contributed by atoms with Crippen molar-refractivity contribution in [1.82, 2.24) is 9.80 Å². The highest BCUT2D eigenvalue weighted by Crippen LogP contribution is 2.41. The summed E-state index contributed by atoms with van der Waals surface area (Å²) >= 11 is 0. The zero-order valence-electron chi connectivity index (χ0n) is 18.4. The first-order chi connectivity index (χ1) is 15.5. The Morgan fingerprint density at radius 1 is 1.19 bits per heavy atom. The van der Waals surface area contributed by atoms with Crippen LogP contribution in [0.2, 0.25) is 0 Å². The van der Waals surface area contributed by atoms with Crippen LogP contribution in [0.5, 0.6) is 11.5 Å². The lowest BCUT2D eigenvalue weighted by Gasteiger charge is -2.29. The summed E-state index contributed by atoms with van der Waals surface area (Å²) in [6, 6.07) is 7.66. The van der Waals surface area contributed by atoms with Crippen molar-refractivity contribution in [2.45, 2.75) is 25.8 Å². The van der Waals surface area contributed by atoms with Gasteiger partial charge in [-0.25, -0.2) is 0 Å². The highest BCUT2D eigenvalue weighted by Gasteiger charge is 2.44. The Bertz CT molecular complexity index is 1010. The van der Waals surface area contributed by atoms with E-state index in [-0.39, 0.29) is 11.3 Å². The van der Waals surface area contributed by atoms with Gasteiger partial charge >= 0.3 is 0 Å². The van der Waals surface area contributed by atoms with Gasteiger partial charge in [0, 0.05) is 13.1 Å². The van der Waals surface area contributed by atoms with E-state index in [1.165, 1.54) is 19.4 Å². The second-order valence-electron chi connectivity index (χ2n) is 7.86. The highest BCUT2D eigenvalue weighted by molar-refractivity contribution is 6.15. The number of nitrogens with zero attached hydrogens (tertiary/aromatic N) is 2. The Labute approximate surface area is 187 Å². The van der Waals surface area contributed by atoms with Crippen LogP contribution >= 0.6 is 0 Å². The van der Waals surface area contributed by atoms with Gasteiger partial charge in [-0.3, -0.25) is 9.59 Å². The maximum absolute atomic E-state index is 13.2. The number of likely N-dealkylation sites (tertiary alicyclic amines) is 1. The van der Waals surface area contributed by atoms with Gasteiger partial charge in [0.25, 0.3) is 5.91 Å². The van der Waals surface area contributed by atoms with Gasteiger partial charge in [0.15, 0.2) is 23.0 Å². The molecule has 1 atom stereocenters. The number of aliphatic hydroxyl groups excluding tert-OH is 1. The number of hydrogen-bond acceptors (Lipinski definition) is 7. The second kappa shape index (κ2) is 9.48. The molecule has 1 fully saturated rings. The maximum atomic E-state index is 13.2. The van der Waals surface area contributed by atoms with Crippen LogP contribution in [0.15, 0.2) is 52.3 Å². The summed E-state index contributed by atoms with van der Waals surface area (Å²) in [7, 11) is 1.54. The minimum atomic E-state index is -0.757. The predicted octanol–water partition coefficient (Wildman–Crippen LogP) is 3.36. The number of ether oxygens (including phenoxy) is 2. The number of ketones is 1. The van der Waals surface area contributed by atoms with E-state index < -0.39 is 23.5 Å². The number of Topliss-reactive ketones (excluding diaryl/α,β-unsaturated/α-hetero) is 1. The lowest BCUT2D eigenvalue weighted by molar-refractivity contribution is -0.129. The van der Waals surface area contributed by atoms with Gasteiger partial charge in [-0.05, 0) is 62.7 Å². The quantitative estimate of drug-likeness (QED) is 0.598. The molecule has 2 aliphatic heterocycles. The maximum Gasteiger partial charge on any atom is 0.290 e. The molecule has 3 heterocycles. The molecule has 0 spiro atoms. The first-order valence-corrected chi connectivity index (χ1v) is 10.9. The fourth-order valence-corrected chi connectivity index (χ4v) is 4.39. The number of aliphatic hydroxyl groups is 1. The third-order valence-corrected chi connectivity index (χ3v) is 5.95. The number of benzene rings is 1. The van der Waals surface area contributed by atoms with Crippen LogP contribution in [0, 0.1) is 0 Å². The van der Waals surface area contributed by atoms with Gasteiger partial charge in [-0.2, -0.15) is 0 Å². The van der Waals surface area contributed by atoms with Crippen molar-refractivity contribution in [3.05, 3.63) is 59.3 Å². The standard InChI is InChI=1S/C24H28N2O6/c1-3-31-17-9-8-16(15-19(17)30-2)21-20(22(27)18-7-6-14-32-18)23(28)24(29)26(21)13-12-25-10-4-5-11-25/h6-9,14-15,21,28H,3-5,10-13H2,1-2H3. The molecule has 1 amide bonds. The van der Waals surface area contributed by atoms with E-state index in [9.17, 15) is 14.7 Å². The molecule has 1 unspecified atom stereocenters. The van der Waals surface area contributed by atoms with Crippen LogP contribution in [0.4, 0.5) is 0 Å². The van der Waals surface area contributed by atoms with Crippen molar-refractivity contribution in [3.8, 4) is 11.5 Å². The number of amides is 1. The topological polar surface area (TPSA) is 92.5 Å². The minimum absolute atomic E-state index is 0.0117. The molecule has 8 heteroatoms. The van der Waals surface area contributed by atoms with E-state index in [1.807, 2.05) is 6.92 Å². The second-order valence-corrected chi connectivity index (χ2v) is 7.86. The lowest BCUT2D eigenvalue weighted by atomic mass is 9.94. The summed E-state index contributed by atoms with van der Waals surface area (Å²) in [6.07, 6.45) is 3.67. The Hall–Kier alpha value is -3.26. The van der Waals surface area contributed by atoms with E-state index in [1.54, 1.807) is 29.2 Å². The summed E-state index contributed by atoms with van der Waals surface area (Å²) in [4.78, 5) is 30.1. The fraction of sp³-hybridized carbons (Fsp3) is 0.417. The molecule has 1 aromatic heterocycles. The largest absolute Gasteiger partial charge is 0.503 e. The van der Waals surface area contributed by atoms with E-state index in [0.717, 1.165) is 25.9 Å². The molecule has 1 N–H and O–H groups in total. The van der Waals surface area contributed by atoms with Crippen molar-refractivity contribution < 1.29 is 28.6 Å². The summed E-state index contributed by atoms with van der Waals surface area (Å²) in [5, 5.41) is 10.7. The van der Waals surface area contributed by atoms with Crippen LogP contribution in [-0.4, -0.2) is 66.5 Å². The van der Waals surface area contributed by atoms with Gasteiger partial charge in [-0.15, -0.1) is 0 Å². The smallest absolute Gasteiger partial charge is 0.290 e. The van der Waals surface area contributed by atoms with Crippen molar-refractivity contribution >= 4 is 11.7 Å². The van der Waals surface area contributed by atoms with Crippen molar-refractivity contribution in [1.29, 1.82) is 0 Å². The van der Waals surface area contributed by atoms with E-state index >= 15 is 0 Å². The van der Waals surface area contributed by atoms with Gasteiger partial charge in [0.2, 0.25) is 5.78 Å². The van der Waals surface area contributed by atoms with Crippen molar-refractivity contribution in [2.24, 2.45) is 0 Å². The third kappa shape index (κ3) is 4.10. The van der Waals surface area contributed by atoms with Crippen LogP contribution < -0.4 is 9.47 Å². The fourth-order valence-electron chi connectivity index (χ4n) is 4.39. The third-order valence-electron chi connectivity index (χ3n) is 5.95. The SMILES string of the molecule is CCOc1ccc(C2C(C(=O)c3ccco3)=C(O)C(=O)N2CCN2CCCC2)cc1OC. The number of rotatable bonds is 9. The summed E-state index contributed by atoms with van der Waals surface area (Å²) < 4.78 is 16.4. The van der Waals surface area contributed by atoms with Gasteiger partial charge in [0.1, 0.15) is 0 Å². The number of carbonyl (C=O) groups excluding carboxylic acids is 2. The van der Waals surface area contributed by atoms with Crippen molar-refractivity contribution in [2.75, 3.05) is 39.9 Å². The summed E-state index contributed by atoms with van der Waals surface area (Å²) in [5.74, 6) is -0.472. The van der Waals surface area contributed by atoms with Gasteiger partial charge in [0.05, 0.1) is 31.6 Å². The summed E-state index contributed by atoms with van der Waals surface area (Å²) in [6.45, 7) is 5.39. The molecule has 0 bridgehead atoms. The average Bonchev–Trinajstić information content (AvgIpc) is 3.56. The molecule has 1 saturated heterocycles. The normalized spacial score (nSPS) is 19.1. The minimum Gasteiger partial charge on any atom is -0.503 e. The first-order valence-electron chi connectivity index (χ1n) is 10.9. The van der Waals surface area contributed by atoms with E-state index in [0.29, 0.717) is 36.8 Å². The Morgan fingerprint density at radius 3 is 2.62 bits per heavy atom. The van der Waals surface area contributed by atoms with Crippen LogP contribution in [0.25, 0.3) is 0 Å². The Balaban J connectivity index is 1.72. The number of methoxy groups -OCH3 is 1. The lowest BCUT2D eigenvalue weighted by Crippen LogP contribution is -2.37. The Morgan fingerprint density at radius 2 is 1.97 bits per heavy atom. The molecular weight excluding hydrogens is 412 g/mol. The van der Waals surface area contributed by atoms with Crippen molar-refractivity contribution in [3.63, 3.8) is 0 Å². The number of carbonyl (C=O) groups is 2. The zero-order chi connectivity index (χ0) is 22.7. The monoisotopic (exact) mass is 440 g/mol. The first kappa shape index (κ1) is 22.0. The van der Waals surface area contributed by atoms with Crippen LogP contribution in [0.1, 0.15) is 41.9 Å².